The zero-order valence-electron chi connectivity index (χ0n) is 14.5. The van der Waals surface area contributed by atoms with Crippen molar-refractivity contribution in [1.82, 2.24) is 0 Å². The summed E-state index contributed by atoms with van der Waals surface area (Å²) in [5, 5.41) is 9.73. The first kappa shape index (κ1) is 16.8. The average Bonchev–Trinajstić information content (AvgIpc) is 2.68. The van der Waals surface area contributed by atoms with E-state index >= 15 is 0 Å². The third-order valence-electron chi connectivity index (χ3n) is 5.31. The van der Waals surface area contributed by atoms with E-state index in [1.165, 1.54) is 0 Å². The van der Waals surface area contributed by atoms with Crippen LogP contribution in [-0.4, -0.2) is 35.6 Å². The highest BCUT2D eigenvalue weighted by atomic mass is 16.7. The Morgan fingerprint density at radius 2 is 1.65 bits per heavy atom. The van der Waals surface area contributed by atoms with Crippen molar-refractivity contribution in [2.24, 2.45) is 0 Å². The van der Waals surface area contributed by atoms with Gasteiger partial charge >= 0.3 is 7.12 Å². The molecule has 2 atom stereocenters. The van der Waals surface area contributed by atoms with Gasteiger partial charge in [0.2, 0.25) is 0 Å². The number of hydrogen-bond donors (Lipinski definition) is 1. The number of aliphatic hydroxyl groups is 1. The van der Waals surface area contributed by atoms with E-state index in [1.54, 1.807) is 0 Å². The van der Waals surface area contributed by atoms with Crippen LogP contribution in [0.5, 0.6) is 5.75 Å². The highest BCUT2D eigenvalue weighted by Gasteiger charge is 2.51. The van der Waals surface area contributed by atoms with Gasteiger partial charge in [-0.05, 0) is 64.6 Å². The lowest BCUT2D eigenvalue weighted by Gasteiger charge is -2.32. The van der Waals surface area contributed by atoms with Gasteiger partial charge in [-0.15, -0.1) is 0 Å². The van der Waals surface area contributed by atoms with Crippen LogP contribution in [0.1, 0.15) is 53.4 Å². The smallest absolute Gasteiger partial charge is 0.490 e. The Labute approximate surface area is 139 Å². The first-order valence-corrected chi connectivity index (χ1v) is 8.57. The van der Waals surface area contributed by atoms with E-state index in [9.17, 15) is 5.11 Å². The van der Waals surface area contributed by atoms with Crippen molar-refractivity contribution >= 4 is 12.6 Å². The molecule has 1 N–H and O–H groups in total. The van der Waals surface area contributed by atoms with E-state index in [0.29, 0.717) is 0 Å². The van der Waals surface area contributed by atoms with Crippen molar-refractivity contribution in [3.63, 3.8) is 0 Å². The number of ether oxygens (including phenoxy) is 1. The monoisotopic (exact) mass is 318 g/mol. The van der Waals surface area contributed by atoms with Crippen LogP contribution in [0.4, 0.5) is 0 Å². The lowest BCUT2D eigenvalue weighted by atomic mass is 9.79. The molecular weight excluding hydrogens is 291 g/mol. The molecule has 0 radical (unpaired) electrons. The molecule has 1 aliphatic carbocycles. The fourth-order valence-electron chi connectivity index (χ4n) is 3.10. The zero-order chi connectivity index (χ0) is 16.7. The van der Waals surface area contributed by atoms with Crippen molar-refractivity contribution in [2.75, 3.05) is 0 Å². The van der Waals surface area contributed by atoms with Crippen LogP contribution in [-0.2, 0) is 9.31 Å². The minimum Gasteiger partial charge on any atom is -0.490 e. The Bertz CT molecular complexity index is 524. The molecule has 1 aromatic rings. The maximum Gasteiger partial charge on any atom is 0.494 e. The van der Waals surface area contributed by atoms with Crippen LogP contribution in [0, 0.1) is 0 Å². The fraction of sp³-hybridized carbons (Fsp3) is 0.667. The quantitative estimate of drug-likeness (QED) is 0.871. The van der Waals surface area contributed by atoms with Crippen LogP contribution in [0.15, 0.2) is 24.3 Å². The third kappa shape index (κ3) is 3.57. The molecule has 1 saturated carbocycles. The summed E-state index contributed by atoms with van der Waals surface area (Å²) in [5.41, 5.74) is 0.343. The van der Waals surface area contributed by atoms with Crippen molar-refractivity contribution < 1.29 is 19.2 Å². The van der Waals surface area contributed by atoms with Gasteiger partial charge < -0.3 is 19.2 Å². The molecule has 126 valence electrons. The van der Waals surface area contributed by atoms with Gasteiger partial charge in [0.25, 0.3) is 0 Å². The van der Waals surface area contributed by atoms with Gasteiger partial charge in [-0.25, -0.2) is 0 Å². The van der Waals surface area contributed by atoms with E-state index in [4.69, 9.17) is 14.0 Å². The summed E-state index contributed by atoms with van der Waals surface area (Å²) in [6.07, 6.45) is 3.53. The molecule has 2 fully saturated rings. The minimum atomic E-state index is -0.342. The Balaban J connectivity index is 1.64. The molecule has 4 nitrogen and oxygen atoms in total. The predicted octanol–water partition coefficient (Wildman–Crippen LogP) is 2.67. The summed E-state index contributed by atoms with van der Waals surface area (Å²) < 4.78 is 18.1. The highest BCUT2D eigenvalue weighted by molar-refractivity contribution is 6.62. The molecular formula is C18H27BO4. The molecule has 0 spiro atoms. The minimum absolute atomic E-state index is 0.112. The van der Waals surface area contributed by atoms with E-state index in [0.717, 1.165) is 36.9 Å². The molecule has 5 heteroatoms. The van der Waals surface area contributed by atoms with E-state index < -0.39 is 0 Å². The summed E-state index contributed by atoms with van der Waals surface area (Å²) in [4.78, 5) is 0. The third-order valence-corrected chi connectivity index (χ3v) is 5.31. The molecule has 23 heavy (non-hydrogen) atoms. The number of rotatable bonds is 3. The lowest BCUT2D eigenvalue weighted by Crippen LogP contribution is -2.41. The summed E-state index contributed by atoms with van der Waals surface area (Å²) in [5.74, 6) is 0.837. The normalized spacial score (nSPS) is 29.5. The molecule has 1 saturated heterocycles. The van der Waals surface area contributed by atoms with Crippen molar-refractivity contribution in [3.8, 4) is 5.75 Å². The number of benzene rings is 1. The zero-order valence-corrected chi connectivity index (χ0v) is 14.5. The topological polar surface area (TPSA) is 47.9 Å². The fourth-order valence-corrected chi connectivity index (χ4v) is 3.10. The van der Waals surface area contributed by atoms with Gasteiger partial charge in [-0.1, -0.05) is 12.1 Å². The average molecular weight is 318 g/mol. The molecule has 0 unspecified atom stereocenters. The Morgan fingerprint density at radius 3 is 2.22 bits per heavy atom. The first-order chi connectivity index (χ1) is 10.8. The van der Waals surface area contributed by atoms with Crippen molar-refractivity contribution in [2.45, 2.75) is 76.8 Å². The summed E-state index contributed by atoms with van der Waals surface area (Å²) in [6, 6.07) is 7.91. The van der Waals surface area contributed by atoms with Crippen LogP contribution in [0.3, 0.4) is 0 Å². The lowest BCUT2D eigenvalue weighted by molar-refractivity contribution is 0.00578. The van der Waals surface area contributed by atoms with Gasteiger partial charge in [0.05, 0.1) is 17.3 Å². The second-order valence-corrected chi connectivity index (χ2v) is 7.72. The summed E-state index contributed by atoms with van der Waals surface area (Å²) in [7, 11) is -0.342. The van der Waals surface area contributed by atoms with Crippen LogP contribution in [0.25, 0.3) is 0 Å². The van der Waals surface area contributed by atoms with E-state index in [-0.39, 0.29) is 30.5 Å². The van der Waals surface area contributed by atoms with Gasteiger partial charge in [0.1, 0.15) is 11.9 Å². The summed E-state index contributed by atoms with van der Waals surface area (Å²) in [6.45, 7) is 8.22. The van der Waals surface area contributed by atoms with E-state index in [2.05, 4.69) is 27.7 Å². The maximum atomic E-state index is 9.73. The van der Waals surface area contributed by atoms with Crippen molar-refractivity contribution in [1.29, 1.82) is 0 Å². The standard InChI is InChI=1S/C18H27BO4/c1-17(2)18(3,4)23-19(22-17)13-8-10-15(11-9-13)21-16-7-5-6-14(20)12-16/h8-11,14,16,20H,5-7,12H2,1-4H3/t14-,16+/m1/s1. The van der Waals surface area contributed by atoms with Gasteiger partial charge in [-0.3, -0.25) is 0 Å². The molecule has 1 aromatic carbocycles. The van der Waals surface area contributed by atoms with Gasteiger partial charge in [0.15, 0.2) is 0 Å². The highest BCUT2D eigenvalue weighted by Crippen LogP contribution is 2.36. The first-order valence-electron chi connectivity index (χ1n) is 8.57. The van der Waals surface area contributed by atoms with Crippen molar-refractivity contribution in [3.05, 3.63) is 24.3 Å². The number of hydrogen-bond acceptors (Lipinski definition) is 4. The SMILES string of the molecule is CC1(C)OB(c2ccc(O[C@H]3CCC[C@@H](O)C3)cc2)OC1(C)C. The number of aliphatic hydroxyl groups excluding tert-OH is 1. The van der Waals surface area contributed by atoms with E-state index in [1.807, 2.05) is 24.3 Å². The van der Waals surface area contributed by atoms with Gasteiger partial charge in [-0.2, -0.15) is 0 Å². The molecule has 3 rings (SSSR count). The van der Waals surface area contributed by atoms with Crippen LogP contribution < -0.4 is 10.2 Å². The molecule has 0 aromatic heterocycles. The molecule has 0 bridgehead atoms. The Morgan fingerprint density at radius 1 is 1.04 bits per heavy atom. The predicted molar refractivity (Wildman–Crippen MR) is 91.0 cm³/mol. The molecule has 2 aliphatic rings. The molecule has 0 amide bonds. The van der Waals surface area contributed by atoms with Crippen LogP contribution >= 0.6 is 0 Å². The van der Waals surface area contributed by atoms with Crippen LogP contribution in [0.2, 0.25) is 0 Å². The van der Waals surface area contributed by atoms with Gasteiger partial charge in [0, 0.05) is 6.42 Å². The largest absolute Gasteiger partial charge is 0.494 e. The molecule has 1 aliphatic heterocycles. The maximum absolute atomic E-state index is 9.73. The Hall–Kier alpha value is -1.04. The molecule has 1 heterocycles. The Kier molecular flexibility index (Phi) is 4.47. The second-order valence-electron chi connectivity index (χ2n) is 7.72. The second kappa shape index (κ2) is 6.12. The summed E-state index contributed by atoms with van der Waals surface area (Å²) >= 11 is 0.